The second-order valence-corrected chi connectivity index (χ2v) is 7.28. The van der Waals surface area contributed by atoms with Crippen LogP contribution < -0.4 is 4.72 Å². The second-order valence-electron chi connectivity index (χ2n) is 4.74. The highest BCUT2D eigenvalue weighted by atomic mass is 79.9. The molecular formula is C14H16BrNO4S. The Labute approximate surface area is 132 Å². The zero-order valence-electron chi connectivity index (χ0n) is 11.9. The number of benzene rings is 1. The number of halogens is 1. The van der Waals surface area contributed by atoms with Crippen LogP contribution in [0.4, 0.5) is 5.69 Å². The van der Waals surface area contributed by atoms with Gasteiger partial charge in [0.25, 0.3) is 10.0 Å². The average Bonchev–Trinajstić information content (AvgIpc) is 2.68. The topological polar surface area (TPSA) is 79.5 Å². The van der Waals surface area contributed by atoms with Crippen LogP contribution in [0, 0.1) is 20.8 Å². The van der Waals surface area contributed by atoms with Gasteiger partial charge in [0.2, 0.25) is 0 Å². The minimum Gasteiger partial charge on any atom is -0.465 e. The van der Waals surface area contributed by atoms with Gasteiger partial charge in [0.15, 0.2) is 0 Å². The number of aliphatic hydroxyl groups excluding tert-OH is 1. The Bertz CT molecular complexity index is 781. The predicted molar refractivity (Wildman–Crippen MR) is 83.8 cm³/mol. The summed E-state index contributed by atoms with van der Waals surface area (Å²) < 4.78 is 33.8. The highest BCUT2D eigenvalue weighted by Gasteiger charge is 2.27. The molecule has 0 saturated carbocycles. The number of anilines is 1. The van der Waals surface area contributed by atoms with Crippen molar-refractivity contribution in [3.63, 3.8) is 0 Å². The van der Waals surface area contributed by atoms with Crippen LogP contribution in [0.5, 0.6) is 0 Å². The number of rotatable bonds is 4. The largest absolute Gasteiger partial charge is 0.465 e. The third kappa shape index (κ3) is 3.14. The van der Waals surface area contributed by atoms with Crippen LogP contribution in [0.15, 0.2) is 32.0 Å². The highest BCUT2D eigenvalue weighted by Crippen LogP contribution is 2.30. The maximum atomic E-state index is 12.6. The molecule has 0 radical (unpaired) electrons. The first-order chi connectivity index (χ1) is 9.76. The van der Waals surface area contributed by atoms with Crippen LogP contribution in [0.3, 0.4) is 0 Å². The van der Waals surface area contributed by atoms with Crippen molar-refractivity contribution < 1.29 is 17.9 Å². The maximum Gasteiger partial charge on any atom is 0.265 e. The molecule has 0 saturated heterocycles. The Kier molecular flexibility index (Phi) is 4.46. The van der Waals surface area contributed by atoms with Gasteiger partial charge in [0.05, 0.1) is 12.3 Å². The number of nitrogens with one attached hydrogen (secondary N) is 1. The molecule has 1 aromatic carbocycles. The van der Waals surface area contributed by atoms with Crippen molar-refractivity contribution in [3.05, 3.63) is 45.3 Å². The molecule has 0 atom stereocenters. The molecule has 0 spiro atoms. The first-order valence-corrected chi connectivity index (χ1v) is 8.52. The summed E-state index contributed by atoms with van der Waals surface area (Å²) in [7, 11) is -3.83. The molecule has 1 heterocycles. The lowest BCUT2D eigenvalue weighted by Gasteiger charge is -2.11. The van der Waals surface area contributed by atoms with E-state index in [0.29, 0.717) is 11.4 Å². The molecular weight excluding hydrogens is 358 g/mol. The Morgan fingerprint density at radius 1 is 1.24 bits per heavy atom. The number of aryl methyl sites for hydroxylation is 3. The molecule has 114 valence electrons. The number of hydrogen-bond acceptors (Lipinski definition) is 4. The fraction of sp³-hybridized carbons (Fsp3) is 0.286. The van der Waals surface area contributed by atoms with E-state index in [9.17, 15) is 13.5 Å². The van der Waals surface area contributed by atoms with Crippen LogP contribution in [0.1, 0.15) is 22.6 Å². The minimum atomic E-state index is -3.83. The van der Waals surface area contributed by atoms with E-state index in [1.165, 1.54) is 0 Å². The second kappa shape index (κ2) is 5.82. The van der Waals surface area contributed by atoms with Gasteiger partial charge in [-0.1, -0.05) is 22.0 Å². The fourth-order valence-corrected chi connectivity index (χ4v) is 4.07. The molecule has 7 heteroatoms. The van der Waals surface area contributed by atoms with Crippen molar-refractivity contribution >= 4 is 31.6 Å². The molecule has 0 aliphatic heterocycles. The smallest absolute Gasteiger partial charge is 0.265 e. The first kappa shape index (κ1) is 16.1. The van der Waals surface area contributed by atoms with Gasteiger partial charge in [-0.3, -0.25) is 4.72 Å². The van der Waals surface area contributed by atoms with Crippen molar-refractivity contribution in [1.29, 1.82) is 0 Å². The summed E-state index contributed by atoms with van der Waals surface area (Å²) in [6.45, 7) is 4.61. The van der Waals surface area contributed by atoms with Crippen LogP contribution >= 0.6 is 15.9 Å². The SMILES string of the molecule is Cc1ccc(Br)cc1NS(=O)(=O)c1c(C)oc(C)c1CO. The van der Waals surface area contributed by atoms with Gasteiger partial charge >= 0.3 is 0 Å². The van der Waals surface area contributed by atoms with Crippen molar-refractivity contribution in [2.45, 2.75) is 32.3 Å². The van der Waals surface area contributed by atoms with E-state index in [2.05, 4.69) is 20.7 Å². The quantitative estimate of drug-likeness (QED) is 0.861. The fourth-order valence-electron chi connectivity index (χ4n) is 2.14. The monoisotopic (exact) mass is 373 g/mol. The molecule has 2 aromatic rings. The van der Waals surface area contributed by atoms with Gasteiger partial charge in [-0.25, -0.2) is 8.42 Å². The van der Waals surface area contributed by atoms with Crippen molar-refractivity contribution in [1.82, 2.24) is 0 Å². The molecule has 2 N–H and O–H groups in total. The molecule has 0 fully saturated rings. The van der Waals surface area contributed by atoms with Crippen LogP contribution in [0.25, 0.3) is 0 Å². The van der Waals surface area contributed by atoms with Gasteiger partial charge < -0.3 is 9.52 Å². The van der Waals surface area contributed by atoms with Crippen LogP contribution in [0.2, 0.25) is 0 Å². The van der Waals surface area contributed by atoms with Gasteiger partial charge in [0, 0.05) is 10.0 Å². The molecule has 2 rings (SSSR count). The van der Waals surface area contributed by atoms with Gasteiger partial charge in [-0.2, -0.15) is 0 Å². The van der Waals surface area contributed by atoms with E-state index in [4.69, 9.17) is 4.42 Å². The summed E-state index contributed by atoms with van der Waals surface area (Å²) in [5.74, 6) is 0.665. The van der Waals surface area contributed by atoms with Crippen molar-refractivity contribution in [3.8, 4) is 0 Å². The summed E-state index contributed by atoms with van der Waals surface area (Å²) in [6, 6.07) is 5.33. The Balaban J connectivity index is 2.51. The normalized spacial score (nSPS) is 11.7. The molecule has 0 aliphatic carbocycles. The lowest BCUT2D eigenvalue weighted by atomic mass is 10.2. The number of hydrogen-bond donors (Lipinski definition) is 2. The lowest BCUT2D eigenvalue weighted by Crippen LogP contribution is -2.16. The van der Waals surface area contributed by atoms with Gasteiger partial charge in [-0.05, 0) is 38.5 Å². The number of aliphatic hydroxyl groups is 1. The van der Waals surface area contributed by atoms with Crippen molar-refractivity contribution in [2.75, 3.05) is 4.72 Å². The maximum absolute atomic E-state index is 12.6. The highest BCUT2D eigenvalue weighted by molar-refractivity contribution is 9.10. The molecule has 0 aliphatic rings. The lowest BCUT2D eigenvalue weighted by molar-refractivity contribution is 0.276. The molecule has 0 bridgehead atoms. The Morgan fingerprint density at radius 3 is 2.52 bits per heavy atom. The van der Waals surface area contributed by atoms with Crippen molar-refractivity contribution in [2.24, 2.45) is 0 Å². The van der Waals surface area contributed by atoms with Crippen LogP contribution in [-0.2, 0) is 16.6 Å². The van der Waals surface area contributed by atoms with Crippen LogP contribution in [-0.4, -0.2) is 13.5 Å². The third-order valence-corrected chi connectivity index (χ3v) is 5.25. The summed E-state index contributed by atoms with van der Waals surface area (Å²) in [5.41, 5.74) is 1.56. The Hall–Kier alpha value is -1.31. The summed E-state index contributed by atoms with van der Waals surface area (Å²) in [6.07, 6.45) is 0. The van der Waals surface area contributed by atoms with E-state index < -0.39 is 16.6 Å². The van der Waals surface area contributed by atoms with E-state index in [-0.39, 0.29) is 16.2 Å². The summed E-state index contributed by atoms with van der Waals surface area (Å²) in [5, 5.41) is 9.38. The zero-order valence-corrected chi connectivity index (χ0v) is 14.3. The number of sulfonamides is 1. The Morgan fingerprint density at radius 2 is 1.90 bits per heavy atom. The molecule has 21 heavy (non-hydrogen) atoms. The predicted octanol–water partition coefficient (Wildman–Crippen LogP) is 3.26. The summed E-state index contributed by atoms with van der Waals surface area (Å²) in [4.78, 5) is 0.00174. The van der Waals surface area contributed by atoms with E-state index in [1.54, 1.807) is 19.9 Å². The zero-order chi connectivity index (χ0) is 15.8. The number of furan rings is 1. The molecule has 1 aromatic heterocycles. The molecule has 0 unspecified atom stereocenters. The third-order valence-electron chi connectivity index (χ3n) is 3.20. The average molecular weight is 374 g/mol. The minimum absolute atomic E-state index is 0.00174. The van der Waals surface area contributed by atoms with Gasteiger partial charge in [0.1, 0.15) is 16.4 Å². The van der Waals surface area contributed by atoms with Gasteiger partial charge in [-0.15, -0.1) is 0 Å². The van der Waals surface area contributed by atoms with E-state index in [0.717, 1.165) is 10.0 Å². The molecule has 5 nitrogen and oxygen atoms in total. The molecule has 0 amide bonds. The van der Waals surface area contributed by atoms with E-state index >= 15 is 0 Å². The van der Waals surface area contributed by atoms with E-state index in [1.807, 2.05) is 19.1 Å². The standard InChI is InChI=1S/C14H16BrNO4S/c1-8-4-5-11(15)6-13(8)16-21(18,19)14-10(3)20-9(2)12(14)7-17/h4-6,16-17H,7H2,1-3H3. The first-order valence-electron chi connectivity index (χ1n) is 6.25. The summed E-state index contributed by atoms with van der Waals surface area (Å²) >= 11 is 3.31.